The van der Waals surface area contributed by atoms with Gasteiger partial charge in [-0.1, -0.05) is 58.0 Å². The van der Waals surface area contributed by atoms with Crippen LogP contribution in [0.5, 0.6) is 0 Å². The number of likely N-dealkylation sites (tertiary alicyclic amines) is 1. The molecular formula is C19H32N2. The second kappa shape index (κ2) is 7.42. The molecule has 1 aromatic rings. The summed E-state index contributed by atoms with van der Waals surface area (Å²) in [7, 11) is 0. The summed E-state index contributed by atoms with van der Waals surface area (Å²) in [5.74, 6) is 0.717. The summed E-state index contributed by atoms with van der Waals surface area (Å²) < 4.78 is 0. The van der Waals surface area contributed by atoms with Gasteiger partial charge in [0.2, 0.25) is 0 Å². The fourth-order valence-electron chi connectivity index (χ4n) is 2.82. The van der Waals surface area contributed by atoms with E-state index in [2.05, 4.69) is 68.2 Å². The molecule has 0 aliphatic carbocycles. The highest BCUT2D eigenvalue weighted by molar-refractivity contribution is 5.14. The van der Waals surface area contributed by atoms with Gasteiger partial charge in [-0.25, -0.2) is 0 Å². The number of piperidine rings is 1. The highest BCUT2D eigenvalue weighted by Crippen LogP contribution is 2.25. The molecule has 1 unspecified atom stereocenters. The van der Waals surface area contributed by atoms with Gasteiger partial charge in [0.1, 0.15) is 0 Å². The van der Waals surface area contributed by atoms with Crippen molar-refractivity contribution in [3.63, 3.8) is 0 Å². The molecule has 118 valence electrons. The molecule has 0 bridgehead atoms. The number of benzene rings is 1. The summed E-state index contributed by atoms with van der Waals surface area (Å²) >= 11 is 0. The van der Waals surface area contributed by atoms with Crippen LogP contribution >= 0.6 is 0 Å². The van der Waals surface area contributed by atoms with Crippen molar-refractivity contribution in [2.75, 3.05) is 19.6 Å². The fourth-order valence-corrected chi connectivity index (χ4v) is 2.82. The topological polar surface area (TPSA) is 15.3 Å². The van der Waals surface area contributed by atoms with Crippen LogP contribution in [0.1, 0.15) is 46.1 Å². The molecule has 0 aromatic heterocycles. The zero-order chi connectivity index (χ0) is 15.3. The lowest BCUT2D eigenvalue weighted by molar-refractivity contribution is 0.161. The van der Waals surface area contributed by atoms with Gasteiger partial charge < -0.3 is 5.32 Å². The Hall–Kier alpha value is -0.860. The number of nitrogens with zero attached hydrogens (tertiary/aromatic N) is 1. The average Bonchev–Trinajstić information content (AvgIpc) is 2.47. The summed E-state index contributed by atoms with van der Waals surface area (Å²) in [5, 5.41) is 3.82. The fraction of sp³-hybridized carbons (Fsp3) is 0.684. The van der Waals surface area contributed by atoms with Gasteiger partial charge in [0.15, 0.2) is 0 Å². The van der Waals surface area contributed by atoms with Crippen LogP contribution in [0.3, 0.4) is 0 Å². The number of nitrogens with one attached hydrogen (secondary N) is 1. The molecule has 2 heteroatoms. The monoisotopic (exact) mass is 288 g/mol. The van der Waals surface area contributed by atoms with Gasteiger partial charge >= 0.3 is 0 Å². The Balaban J connectivity index is 1.81. The molecule has 1 aliphatic rings. The molecule has 2 nitrogen and oxygen atoms in total. The quantitative estimate of drug-likeness (QED) is 0.853. The Morgan fingerprint density at radius 1 is 1.24 bits per heavy atom. The third-order valence-corrected chi connectivity index (χ3v) is 5.16. The largest absolute Gasteiger partial charge is 0.312 e. The first-order valence-electron chi connectivity index (χ1n) is 8.47. The number of rotatable bonds is 6. The second-order valence-electron chi connectivity index (χ2n) is 7.58. The lowest BCUT2D eigenvalue weighted by Gasteiger charge is -2.37. The predicted octanol–water partition coefficient (Wildman–Crippen LogP) is 3.92. The maximum absolute atomic E-state index is 3.82. The Labute approximate surface area is 130 Å². The zero-order valence-corrected chi connectivity index (χ0v) is 14.2. The maximum Gasteiger partial charge on any atom is 0.0234 e. The van der Waals surface area contributed by atoms with Crippen LogP contribution in [0.25, 0.3) is 0 Å². The van der Waals surface area contributed by atoms with Gasteiger partial charge in [-0.3, -0.25) is 4.90 Å². The lowest BCUT2D eigenvalue weighted by Crippen LogP contribution is -2.48. The summed E-state index contributed by atoms with van der Waals surface area (Å²) in [6, 6.07) is 11.5. The van der Waals surface area contributed by atoms with Crippen LogP contribution < -0.4 is 5.32 Å². The minimum atomic E-state index is 0.377. The van der Waals surface area contributed by atoms with Crippen molar-refractivity contribution < 1.29 is 0 Å². The molecule has 0 amide bonds. The molecule has 1 N–H and O–H groups in total. The number of hydrogen-bond donors (Lipinski definition) is 1. The van der Waals surface area contributed by atoms with E-state index in [1.807, 2.05) is 0 Å². The second-order valence-corrected chi connectivity index (χ2v) is 7.58. The van der Waals surface area contributed by atoms with Gasteiger partial charge in [0.05, 0.1) is 0 Å². The van der Waals surface area contributed by atoms with Gasteiger partial charge in [-0.2, -0.15) is 0 Å². The summed E-state index contributed by atoms with van der Waals surface area (Å²) in [6.07, 6.45) is 2.63. The van der Waals surface area contributed by atoms with E-state index in [-0.39, 0.29) is 0 Å². The molecular weight excluding hydrogens is 256 g/mol. The van der Waals surface area contributed by atoms with E-state index in [1.54, 1.807) is 0 Å². The molecule has 2 rings (SSSR count). The molecule has 1 aliphatic heterocycles. The molecule has 0 saturated carbocycles. The van der Waals surface area contributed by atoms with E-state index in [9.17, 15) is 0 Å². The SMILES string of the molecule is CC(C)C(C)(C)CNC1CCCN(Cc2ccccc2)C1. The van der Waals surface area contributed by atoms with Crippen molar-refractivity contribution in [3.05, 3.63) is 35.9 Å². The normalized spacial score (nSPS) is 20.9. The summed E-state index contributed by atoms with van der Waals surface area (Å²) in [6.45, 7) is 14.0. The predicted molar refractivity (Wildman–Crippen MR) is 91.4 cm³/mol. The lowest BCUT2D eigenvalue weighted by atomic mass is 9.81. The van der Waals surface area contributed by atoms with Crippen molar-refractivity contribution in [1.29, 1.82) is 0 Å². The van der Waals surface area contributed by atoms with Crippen molar-refractivity contribution in [2.45, 2.75) is 53.1 Å². The maximum atomic E-state index is 3.82. The third-order valence-electron chi connectivity index (χ3n) is 5.16. The third kappa shape index (κ3) is 5.12. The Kier molecular flexibility index (Phi) is 5.83. The highest BCUT2D eigenvalue weighted by Gasteiger charge is 2.25. The van der Waals surface area contributed by atoms with E-state index in [1.165, 1.54) is 31.5 Å². The van der Waals surface area contributed by atoms with Crippen LogP contribution in [0.15, 0.2) is 30.3 Å². The first kappa shape index (κ1) is 16.5. The Bertz CT molecular complexity index is 411. The van der Waals surface area contributed by atoms with E-state index in [0.717, 1.165) is 13.1 Å². The van der Waals surface area contributed by atoms with Crippen LogP contribution in [-0.4, -0.2) is 30.6 Å². The zero-order valence-electron chi connectivity index (χ0n) is 14.2. The number of hydrogen-bond acceptors (Lipinski definition) is 2. The molecule has 1 fully saturated rings. The van der Waals surface area contributed by atoms with Crippen molar-refractivity contribution in [2.24, 2.45) is 11.3 Å². The standard InChI is InChI=1S/C19H32N2/c1-16(2)19(3,4)15-20-18-11-8-12-21(14-18)13-17-9-6-5-7-10-17/h5-7,9-10,16,18,20H,8,11-15H2,1-4H3. The van der Waals surface area contributed by atoms with Crippen molar-refractivity contribution >= 4 is 0 Å². The van der Waals surface area contributed by atoms with Crippen LogP contribution in [0.4, 0.5) is 0 Å². The first-order chi connectivity index (χ1) is 9.97. The van der Waals surface area contributed by atoms with Crippen LogP contribution in [0, 0.1) is 11.3 Å². The molecule has 1 saturated heterocycles. The molecule has 1 heterocycles. The van der Waals surface area contributed by atoms with E-state index in [4.69, 9.17) is 0 Å². The minimum absolute atomic E-state index is 0.377. The minimum Gasteiger partial charge on any atom is -0.312 e. The Morgan fingerprint density at radius 3 is 2.62 bits per heavy atom. The van der Waals surface area contributed by atoms with Crippen molar-refractivity contribution in [1.82, 2.24) is 10.2 Å². The van der Waals surface area contributed by atoms with E-state index < -0.39 is 0 Å². The molecule has 0 radical (unpaired) electrons. The van der Waals surface area contributed by atoms with Gasteiger partial charge in [-0.05, 0) is 36.3 Å². The van der Waals surface area contributed by atoms with Gasteiger partial charge in [0.25, 0.3) is 0 Å². The van der Waals surface area contributed by atoms with Gasteiger partial charge in [0, 0.05) is 25.7 Å². The molecule has 1 atom stereocenters. The molecule has 0 spiro atoms. The molecule has 21 heavy (non-hydrogen) atoms. The highest BCUT2D eigenvalue weighted by atomic mass is 15.2. The van der Waals surface area contributed by atoms with E-state index >= 15 is 0 Å². The van der Waals surface area contributed by atoms with Gasteiger partial charge in [-0.15, -0.1) is 0 Å². The average molecular weight is 288 g/mol. The van der Waals surface area contributed by atoms with Crippen LogP contribution in [0.2, 0.25) is 0 Å². The van der Waals surface area contributed by atoms with Crippen LogP contribution in [-0.2, 0) is 6.54 Å². The smallest absolute Gasteiger partial charge is 0.0234 e. The van der Waals surface area contributed by atoms with Crippen molar-refractivity contribution in [3.8, 4) is 0 Å². The van der Waals surface area contributed by atoms with E-state index in [0.29, 0.717) is 17.4 Å². The summed E-state index contributed by atoms with van der Waals surface area (Å²) in [5.41, 5.74) is 1.81. The first-order valence-corrected chi connectivity index (χ1v) is 8.47. The summed E-state index contributed by atoms with van der Waals surface area (Å²) in [4.78, 5) is 2.60. The molecule has 1 aromatic carbocycles. The Morgan fingerprint density at radius 2 is 1.95 bits per heavy atom.